The van der Waals surface area contributed by atoms with E-state index in [2.05, 4.69) is 6.07 Å². The molecule has 2 N–H and O–H groups in total. The molecule has 0 amide bonds. The molecule has 0 radical (unpaired) electrons. The molecule has 0 fully saturated rings. The summed E-state index contributed by atoms with van der Waals surface area (Å²) >= 11 is 1.64. The first-order chi connectivity index (χ1) is 9.72. The second-order valence-electron chi connectivity index (χ2n) is 4.84. The Hall–Kier alpha value is -1.52. The van der Waals surface area contributed by atoms with E-state index in [1.54, 1.807) is 23.9 Å². The lowest BCUT2D eigenvalue weighted by atomic mass is 10.0. The smallest absolute Gasteiger partial charge is 0.123 e. The Kier molecular flexibility index (Phi) is 3.94. The van der Waals surface area contributed by atoms with Gasteiger partial charge in [-0.15, -0.1) is 11.8 Å². The van der Waals surface area contributed by atoms with Gasteiger partial charge in [-0.05, 0) is 41.5 Å². The summed E-state index contributed by atoms with van der Waals surface area (Å²) in [5, 5.41) is 0. The predicted octanol–water partition coefficient (Wildman–Crippen LogP) is 3.55. The molecule has 0 saturated heterocycles. The summed E-state index contributed by atoms with van der Waals surface area (Å²) in [6, 6.07) is 12.6. The van der Waals surface area contributed by atoms with Gasteiger partial charge >= 0.3 is 0 Å². The van der Waals surface area contributed by atoms with Crippen molar-refractivity contribution in [3.8, 4) is 5.75 Å². The van der Waals surface area contributed by atoms with Crippen molar-refractivity contribution in [1.29, 1.82) is 0 Å². The fourth-order valence-corrected chi connectivity index (χ4v) is 3.14. The highest BCUT2D eigenvalue weighted by Gasteiger charge is 2.15. The predicted molar refractivity (Wildman–Crippen MR) is 79.7 cm³/mol. The zero-order chi connectivity index (χ0) is 13.9. The lowest BCUT2D eigenvalue weighted by Gasteiger charge is -2.13. The second-order valence-corrected chi connectivity index (χ2v) is 5.93. The van der Waals surface area contributed by atoms with Gasteiger partial charge in [0.25, 0.3) is 0 Å². The summed E-state index contributed by atoms with van der Waals surface area (Å²) in [5.74, 6) is 1.54. The van der Waals surface area contributed by atoms with Crippen molar-refractivity contribution in [2.75, 3.05) is 12.4 Å². The van der Waals surface area contributed by atoms with Crippen molar-refractivity contribution >= 4 is 11.8 Å². The monoisotopic (exact) mass is 289 g/mol. The molecule has 3 rings (SSSR count). The maximum atomic E-state index is 12.8. The van der Waals surface area contributed by atoms with Crippen LogP contribution in [0.1, 0.15) is 17.2 Å². The molecular weight excluding hydrogens is 273 g/mol. The molecule has 2 nitrogen and oxygen atoms in total. The van der Waals surface area contributed by atoms with Gasteiger partial charge in [-0.2, -0.15) is 0 Å². The van der Waals surface area contributed by atoms with Crippen LogP contribution in [0.25, 0.3) is 0 Å². The van der Waals surface area contributed by atoms with Gasteiger partial charge < -0.3 is 10.5 Å². The number of fused-ring (bicyclic) bond motifs is 1. The minimum absolute atomic E-state index is 0.0315. The van der Waals surface area contributed by atoms with Crippen molar-refractivity contribution in [3.05, 3.63) is 59.4 Å². The van der Waals surface area contributed by atoms with E-state index in [-0.39, 0.29) is 11.9 Å². The summed E-state index contributed by atoms with van der Waals surface area (Å²) in [7, 11) is 0. The molecule has 4 heteroatoms. The average Bonchev–Trinajstić information content (AvgIpc) is 2.93. The molecule has 0 spiro atoms. The molecule has 104 valence electrons. The van der Waals surface area contributed by atoms with Crippen LogP contribution in [-0.2, 0) is 6.42 Å². The number of rotatable bonds is 4. The fraction of sp³-hybridized carbons (Fsp3) is 0.250. The summed E-state index contributed by atoms with van der Waals surface area (Å²) in [6.07, 6.45) is 0.959. The molecule has 1 atom stereocenters. The van der Waals surface area contributed by atoms with E-state index in [0.29, 0.717) is 0 Å². The van der Waals surface area contributed by atoms with E-state index >= 15 is 0 Å². The molecule has 0 saturated carbocycles. The minimum Gasteiger partial charge on any atom is -0.493 e. The summed E-state index contributed by atoms with van der Waals surface area (Å²) in [6.45, 7) is 0.762. The van der Waals surface area contributed by atoms with Gasteiger partial charge in [-0.25, -0.2) is 4.39 Å². The fourth-order valence-electron chi connectivity index (χ4n) is 2.25. The maximum absolute atomic E-state index is 12.8. The van der Waals surface area contributed by atoms with Crippen LogP contribution >= 0.6 is 11.8 Å². The minimum atomic E-state index is -0.211. The van der Waals surface area contributed by atoms with E-state index < -0.39 is 0 Å². The molecule has 2 aromatic carbocycles. The number of thioether (sulfide) groups is 1. The van der Waals surface area contributed by atoms with Gasteiger partial charge in [-0.3, -0.25) is 0 Å². The number of hydrogen-bond donors (Lipinski definition) is 1. The van der Waals surface area contributed by atoms with Crippen LogP contribution in [0.5, 0.6) is 5.75 Å². The van der Waals surface area contributed by atoms with Crippen LogP contribution in [-0.4, -0.2) is 12.4 Å². The van der Waals surface area contributed by atoms with E-state index in [1.165, 1.54) is 17.7 Å². The van der Waals surface area contributed by atoms with E-state index in [9.17, 15) is 4.39 Å². The molecule has 1 heterocycles. The van der Waals surface area contributed by atoms with Crippen molar-refractivity contribution < 1.29 is 9.13 Å². The Morgan fingerprint density at radius 3 is 2.80 bits per heavy atom. The number of benzene rings is 2. The van der Waals surface area contributed by atoms with Gasteiger partial charge in [0.05, 0.1) is 6.61 Å². The Balaban J connectivity index is 1.64. The summed E-state index contributed by atoms with van der Waals surface area (Å²) in [5.41, 5.74) is 8.60. The normalized spacial score (nSPS) is 14.7. The highest BCUT2D eigenvalue weighted by atomic mass is 32.2. The molecule has 0 aromatic heterocycles. The van der Waals surface area contributed by atoms with Gasteiger partial charge in [-0.1, -0.05) is 12.1 Å². The van der Waals surface area contributed by atoms with E-state index in [4.69, 9.17) is 10.5 Å². The van der Waals surface area contributed by atoms with Gasteiger partial charge in [0.1, 0.15) is 11.6 Å². The Morgan fingerprint density at radius 1 is 1.20 bits per heavy atom. The van der Waals surface area contributed by atoms with Gasteiger partial charge in [0, 0.05) is 23.1 Å². The first kappa shape index (κ1) is 13.5. The van der Waals surface area contributed by atoms with Crippen LogP contribution in [0.2, 0.25) is 0 Å². The molecule has 1 unspecified atom stereocenters. The maximum Gasteiger partial charge on any atom is 0.123 e. The third-order valence-corrected chi connectivity index (χ3v) is 4.52. The highest BCUT2D eigenvalue weighted by Crippen LogP contribution is 2.29. The number of ether oxygens (including phenoxy) is 1. The van der Waals surface area contributed by atoms with Crippen LogP contribution in [0.15, 0.2) is 47.4 Å². The van der Waals surface area contributed by atoms with Crippen molar-refractivity contribution in [2.45, 2.75) is 17.4 Å². The molecule has 0 bridgehead atoms. The zero-order valence-corrected chi connectivity index (χ0v) is 11.8. The summed E-state index contributed by atoms with van der Waals surface area (Å²) < 4.78 is 18.3. The third kappa shape index (κ3) is 2.97. The van der Waals surface area contributed by atoms with E-state index in [0.717, 1.165) is 35.0 Å². The topological polar surface area (TPSA) is 35.2 Å². The largest absolute Gasteiger partial charge is 0.493 e. The molecule has 2 aromatic rings. The molecular formula is C16H16FNOS. The lowest BCUT2D eigenvalue weighted by Crippen LogP contribution is -2.13. The molecule has 1 aliphatic heterocycles. The standard InChI is InChI=1S/C16H16FNOS/c17-13-2-4-14(5-3-13)20-10-15(18)11-1-6-16-12(9-11)7-8-19-16/h1-6,9,15H,7-8,10,18H2. The Morgan fingerprint density at radius 2 is 2.00 bits per heavy atom. The zero-order valence-electron chi connectivity index (χ0n) is 11.0. The van der Waals surface area contributed by atoms with Crippen molar-refractivity contribution in [1.82, 2.24) is 0 Å². The number of halogens is 1. The SMILES string of the molecule is NC(CSc1ccc(F)cc1)c1ccc2c(c1)CCO2. The van der Waals surface area contributed by atoms with Gasteiger partial charge in [0.2, 0.25) is 0 Å². The number of nitrogens with two attached hydrogens (primary N) is 1. The van der Waals surface area contributed by atoms with Crippen molar-refractivity contribution in [2.24, 2.45) is 5.73 Å². The summed E-state index contributed by atoms with van der Waals surface area (Å²) in [4.78, 5) is 1.03. The Labute approximate surface area is 122 Å². The van der Waals surface area contributed by atoms with Crippen LogP contribution < -0.4 is 10.5 Å². The highest BCUT2D eigenvalue weighted by molar-refractivity contribution is 7.99. The molecule has 0 aliphatic carbocycles. The van der Waals surface area contributed by atoms with Crippen LogP contribution in [0.3, 0.4) is 0 Å². The first-order valence-electron chi connectivity index (χ1n) is 6.62. The van der Waals surface area contributed by atoms with Crippen LogP contribution in [0.4, 0.5) is 4.39 Å². The molecule has 1 aliphatic rings. The third-order valence-electron chi connectivity index (χ3n) is 3.38. The van der Waals surface area contributed by atoms with Gasteiger partial charge in [0.15, 0.2) is 0 Å². The lowest BCUT2D eigenvalue weighted by molar-refractivity contribution is 0.357. The molecule has 20 heavy (non-hydrogen) atoms. The quantitative estimate of drug-likeness (QED) is 0.874. The Bertz CT molecular complexity index is 600. The van der Waals surface area contributed by atoms with Crippen molar-refractivity contribution in [3.63, 3.8) is 0 Å². The average molecular weight is 289 g/mol. The first-order valence-corrected chi connectivity index (χ1v) is 7.60. The van der Waals surface area contributed by atoms with E-state index in [1.807, 2.05) is 12.1 Å². The second kappa shape index (κ2) is 5.85. The van der Waals surface area contributed by atoms with Crippen LogP contribution in [0, 0.1) is 5.82 Å². The number of hydrogen-bond acceptors (Lipinski definition) is 3.